The number of hydrogen-bond acceptors (Lipinski definition) is 3. The van der Waals surface area contributed by atoms with Crippen LogP contribution in [0.25, 0.3) is 0 Å². The van der Waals surface area contributed by atoms with E-state index in [4.69, 9.17) is 10.5 Å². The van der Waals surface area contributed by atoms with Crippen LogP contribution in [0.15, 0.2) is 36.8 Å². The number of aryl methyl sites for hydroxylation is 1. The Bertz CT molecular complexity index is 448. The average Bonchev–Trinajstić information content (AvgIpc) is 2.76. The Kier molecular flexibility index (Phi) is 3.10. The molecule has 2 rings (SSSR count). The molecular weight excluding hydrogens is 202 g/mol. The summed E-state index contributed by atoms with van der Waals surface area (Å²) >= 11 is 0. The summed E-state index contributed by atoms with van der Waals surface area (Å²) in [5.41, 5.74) is 7.40. The van der Waals surface area contributed by atoms with Crippen LogP contribution in [0, 0.1) is 0 Å². The van der Waals surface area contributed by atoms with Crippen molar-refractivity contribution in [1.29, 1.82) is 0 Å². The van der Waals surface area contributed by atoms with Gasteiger partial charge in [0.2, 0.25) is 0 Å². The molecule has 2 aromatic rings. The second-order valence-corrected chi connectivity index (χ2v) is 3.53. The van der Waals surface area contributed by atoms with Crippen LogP contribution >= 0.6 is 0 Å². The predicted octanol–water partition coefficient (Wildman–Crippen LogP) is 2.06. The van der Waals surface area contributed by atoms with E-state index in [1.165, 1.54) is 0 Å². The van der Waals surface area contributed by atoms with Gasteiger partial charge < -0.3 is 15.0 Å². The number of aromatic nitrogens is 2. The highest BCUT2D eigenvalue weighted by molar-refractivity contribution is 5.41. The third-order valence-electron chi connectivity index (χ3n) is 2.41. The maximum atomic E-state index is 5.63. The maximum Gasteiger partial charge on any atom is 0.130 e. The van der Waals surface area contributed by atoms with E-state index in [9.17, 15) is 0 Å². The van der Waals surface area contributed by atoms with E-state index in [2.05, 4.69) is 16.5 Å². The fraction of sp³-hybridized carbons (Fsp3) is 0.250. The SMILES string of the molecule is CCn1cncc1COc1ccc(N)cc1. The summed E-state index contributed by atoms with van der Waals surface area (Å²) in [6, 6.07) is 7.38. The zero-order valence-electron chi connectivity index (χ0n) is 9.26. The largest absolute Gasteiger partial charge is 0.487 e. The number of imidazole rings is 1. The van der Waals surface area contributed by atoms with Crippen molar-refractivity contribution in [1.82, 2.24) is 9.55 Å². The summed E-state index contributed by atoms with van der Waals surface area (Å²) in [7, 11) is 0. The van der Waals surface area contributed by atoms with Crippen LogP contribution in [0.1, 0.15) is 12.6 Å². The average molecular weight is 217 g/mol. The molecule has 0 amide bonds. The third-order valence-corrected chi connectivity index (χ3v) is 2.41. The van der Waals surface area contributed by atoms with E-state index in [1.807, 2.05) is 36.8 Å². The second-order valence-electron chi connectivity index (χ2n) is 3.53. The Morgan fingerprint density at radius 1 is 1.31 bits per heavy atom. The van der Waals surface area contributed by atoms with E-state index in [0.717, 1.165) is 23.7 Å². The van der Waals surface area contributed by atoms with Gasteiger partial charge in [-0.15, -0.1) is 0 Å². The first-order valence-corrected chi connectivity index (χ1v) is 5.27. The fourth-order valence-electron chi connectivity index (χ4n) is 1.47. The van der Waals surface area contributed by atoms with Gasteiger partial charge in [-0.05, 0) is 31.2 Å². The lowest BCUT2D eigenvalue weighted by atomic mass is 10.3. The van der Waals surface area contributed by atoms with Gasteiger partial charge in [0.1, 0.15) is 12.4 Å². The van der Waals surface area contributed by atoms with Crippen LogP contribution in [0.3, 0.4) is 0 Å². The Morgan fingerprint density at radius 3 is 2.75 bits per heavy atom. The smallest absolute Gasteiger partial charge is 0.130 e. The molecule has 1 aromatic heterocycles. The molecule has 0 aliphatic heterocycles. The lowest BCUT2D eigenvalue weighted by Gasteiger charge is -2.07. The number of ether oxygens (including phenoxy) is 1. The van der Waals surface area contributed by atoms with Crippen molar-refractivity contribution in [3.8, 4) is 5.75 Å². The monoisotopic (exact) mass is 217 g/mol. The van der Waals surface area contributed by atoms with Crippen molar-refractivity contribution >= 4 is 5.69 Å². The quantitative estimate of drug-likeness (QED) is 0.797. The van der Waals surface area contributed by atoms with Crippen LogP contribution in [0.2, 0.25) is 0 Å². The molecule has 0 atom stereocenters. The first kappa shape index (κ1) is 10.5. The summed E-state index contributed by atoms with van der Waals surface area (Å²) < 4.78 is 7.68. The first-order valence-electron chi connectivity index (χ1n) is 5.27. The number of rotatable bonds is 4. The molecular formula is C12H15N3O. The number of nitrogens with zero attached hydrogens (tertiary/aromatic N) is 2. The molecule has 1 heterocycles. The fourth-order valence-corrected chi connectivity index (χ4v) is 1.47. The minimum atomic E-state index is 0.526. The van der Waals surface area contributed by atoms with Gasteiger partial charge in [0.15, 0.2) is 0 Å². The number of nitrogen functional groups attached to an aromatic ring is 1. The summed E-state index contributed by atoms with van der Waals surface area (Å²) in [4.78, 5) is 4.08. The highest BCUT2D eigenvalue weighted by Gasteiger charge is 2.01. The summed E-state index contributed by atoms with van der Waals surface area (Å²) in [6.45, 7) is 3.51. The number of nitrogens with two attached hydrogens (primary N) is 1. The summed E-state index contributed by atoms with van der Waals surface area (Å²) in [5.74, 6) is 0.818. The van der Waals surface area contributed by atoms with Crippen molar-refractivity contribution in [2.75, 3.05) is 5.73 Å². The normalized spacial score (nSPS) is 10.3. The highest BCUT2D eigenvalue weighted by Crippen LogP contribution is 2.14. The molecule has 0 saturated heterocycles. The standard InChI is InChI=1S/C12H15N3O/c1-2-15-9-14-7-11(15)8-16-12-5-3-10(13)4-6-12/h3-7,9H,2,8,13H2,1H3. The molecule has 0 saturated carbocycles. The molecule has 84 valence electrons. The molecule has 0 unspecified atom stereocenters. The molecule has 0 bridgehead atoms. The van der Waals surface area contributed by atoms with Gasteiger partial charge in [-0.1, -0.05) is 0 Å². The molecule has 0 aliphatic carbocycles. The molecule has 4 heteroatoms. The Balaban J connectivity index is 1.99. The van der Waals surface area contributed by atoms with Gasteiger partial charge in [-0.25, -0.2) is 4.98 Å². The number of benzene rings is 1. The first-order chi connectivity index (χ1) is 7.79. The minimum Gasteiger partial charge on any atom is -0.487 e. The molecule has 4 nitrogen and oxygen atoms in total. The topological polar surface area (TPSA) is 53.1 Å². The molecule has 2 N–H and O–H groups in total. The van der Waals surface area contributed by atoms with Gasteiger partial charge in [0.05, 0.1) is 18.2 Å². The molecule has 0 aliphatic rings. The van der Waals surface area contributed by atoms with Crippen molar-refractivity contribution in [2.24, 2.45) is 0 Å². The van der Waals surface area contributed by atoms with E-state index < -0.39 is 0 Å². The van der Waals surface area contributed by atoms with E-state index in [0.29, 0.717) is 6.61 Å². The number of hydrogen-bond donors (Lipinski definition) is 1. The van der Waals surface area contributed by atoms with Crippen LogP contribution in [-0.4, -0.2) is 9.55 Å². The predicted molar refractivity (Wildman–Crippen MR) is 63.1 cm³/mol. The summed E-state index contributed by atoms with van der Waals surface area (Å²) in [6.07, 6.45) is 3.63. The Labute approximate surface area is 94.7 Å². The van der Waals surface area contributed by atoms with Crippen molar-refractivity contribution in [3.05, 3.63) is 42.5 Å². The van der Waals surface area contributed by atoms with Gasteiger partial charge in [-0.2, -0.15) is 0 Å². The minimum absolute atomic E-state index is 0.526. The van der Waals surface area contributed by atoms with Gasteiger partial charge in [0, 0.05) is 12.2 Å². The van der Waals surface area contributed by atoms with Crippen molar-refractivity contribution < 1.29 is 4.74 Å². The van der Waals surface area contributed by atoms with E-state index >= 15 is 0 Å². The molecule has 1 aromatic carbocycles. The summed E-state index contributed by atoms with van der Waals surface area (Å²) in [5, 5.41) is 0. The van der Waals surface area contributed by atoms with Crippen molar-refractivity contribution in [2.45, 2.75) is 20.1 Å². The van der Waals surface area contributed by atoms with Crippen LogP contribution < -0.4 is 10.5 Å². The van der Waals surface area contributed by atoms with E-state index in [-0.39, 0.29) is 0 Å². The van der Waals surface area contributed by atoms with Crippen LogP contribution in [0.5, 0.6) is 5.75 Å². The van der Waals surface area contributed by atoms with Crippen LogP contribution in [-0.2, 0) is 13.2 Å². The van der Waals surface area contributed by atoms with Crippen LogP contribution in [0.4, 0.5) is 5.69 Å². The lowest BCUT2D eigenvalue weighted by molar-refractivity contribution is 0.295. The Hall–Kier alpha value is -1.97. The highest BCUT2D eigenvalue weighted by atomic mass is 16.5. The number of anilines is 1. The second kappa shape index (κ2) is 4.70. The molecule has 16 heavy (non-hydrogen) atoms. The van der Waals surface area contributed by atoms with Gasteiger partial charge in [-0.3, -0.25) is 0 Å². The zero-order chi connectivity index (χ0) is 11.4. The van der Waals surface area contributed by atoms with Gasteiger partial charge >= 0.3 is 0 Å². The third kappa shape index (κ3) is 2.34. The van der Waals surface area contributed by atoms with Crippen molar-refractivity contribution in [3.63, 3.8) is 0 Å². The molecule has 0 fully saturated rings. The molecule has 0 spiro atoms. The zero-order valence-corrected chi connectivity index (χ0v) is 9.26. The maximum absolute atomic E-state index is 5.63. The lowest BCUT2D eigenvalue weighted by Crippen LogP contribution is -2.03. The van der Waals surface area contributed by atoms with E-state index in [1.54, 1.807) is 0 Å². The molecule has 0 radical (unpaired) electrons. The Morgan fingerprint density at radius 2 is 2.06 bits per heavy atom. The van der Waals surface area contributed by atoms with Gasteiger partial charge in [0.25, 0.3) is 0 Å².